The number of hydrogen-bond acceptors (Lipinski definition) is 5. The third kappa shape index (κ3) is 5.55. The SMILES string of the molecule is O=C(Nc1ccc(OCc2ccccc2)cc1)c1ncn(CC(O)c2ccc(F)cc2)n1. The standard InChI is InChI=1S/C24H21FN4O3/c25-19-8-6-18(7-9-19)22(30)14-29-16-26-23(28-29)24(31)27-20-10-12-21(13-11-20)32-15-17-4-2-1-3-5-17/h1-13,16,22,30H,14-15H2,(H,27,31). The minimum atomic E-state index is -0.906. The molecule has 1 unspecified atom stereocenters. The van der Waals surface area contributed by atoms with Crippen LogP contribution in [0.25, 0.3) is 0 Å². The van der Waals surface area contributed by atoms with Gasteiger partial charge in [-0.25, -0.2) is 14.1 Å². The summed E-state index contributed by atoms with van der Waals surface area (Å²) in [5.74, 6) is -0.195. The summed E-state index contributed by atoms with van der Waals surface area (Å²) in [6, 6.07) is 22.4. The first-order chi connectivity index (χ1) is 15.6. The van der Waals surface area contributed by atoms with E-state index >= 15 is 0 Å². The zero-order chi connectivity index (χ0) is 22.3. The highest BCUT2D eigenvalue weighted by atomic mass is 19.1. The molecule has 4 aromatic rings. The van der Waals surface area contributed by atoms with E-state index in [-0.39, 0.29) is 18.2 Å². The lowest BCUT2D eigenvalue weighted by Gasteiger charge is -2.10. The van der Waals surface area contributed by atoms with Crippen LogP contribution in [0.2, 0.25) is 0 Å². The molecule has 0 aliphatic rings. The number of carbonyl (C=O) groups excluding carboxylic acids is 1. The molecule has 1 aromatic heterocycles. The van der Waals surface area contributed by atoms with Gasteiger partial charge in [0.1, 0.15) is 24.5 Å². The molecule has 0 spiro atoms. The molecule has 162 valence electrons. The molecule has 0 aliphatic carbocycles. The predicted molar refractivity (Wildman–Crippen MR) is 117 cm³/mol. The Morgan fingerprint density at radius 1 is 1.03 bits per heavy atom. The number of aliphatic hydroxyl groups excluding tert-OH is 1. The molecule has 0 bridgehead atoms. The monoisotopic (exact) mass is 432 g/mol. The minimum absolute atomic E-state index is 0.0271. The van der Waals surface area contributed by atoms with E-state index in [4.69, 9.17) is 4.74 Å². The highest BCUT2D eigenvalue weighted by molar-refractivity contribution is 6.01. The lowest BCUT2D eigenvalue weighted by molar-refractivity contribution is 0.101. The lowest BCUT2D eigenvalue weighted by atomic mass is 10.1. The molecular formula is C24H21FN4O3. The van der Waals surface area contributed by atoms with Crippen molar-refractivity contribution in [3.63, 3.8) is 0 Å². The van der Waals surface area contributed by atoms with E-state index in [2.05, 4.69) is 15.4 Å². The van der Waals surface area contributed by atoms with Gasteiger partial charge in [-0.3, -0.25) is 4.79 Å². The van der Waals surface area contributed by atoms with Crippen molar-refractivity contribution in [3.8, 4) is 5.75 Å². The number of anilines is 1. The van der Waals surface area contributed by atoms with Crippen LogP contribution in [-0.4, -0.2) is 25.8 Å². The van der Waals surface area contributed by atoms with Crippen LogP contribution < -0.4 is 10.1 Å². The Morgan fingerprint density at radius 3 is 2.47 bits per heavy atom. The van der Waals surface area contributed by atoms with E-state index in [1.807, 2.05) is 30.3 Å². The van der Waals surface area contributed by atoms with Crippen molar-refractivity contribution < 1.29 is 19.0 Å². The van der Waals surface area contributed by atoms with Gasteiger partial charge >= 0.3 is 0 Å². The van der Waals surface area contributed by atoms with Crippen LogP contribution in [-0.2, 0) is 13.2 Å². The number of aliphatic hydroxyl groups is 1. The summed E-state index contributed by atoms with van der Waals surface area (Å²) in [5, 5.41) is 17.1. The molecule has 8 heteroatoms. The van der Waals surface area contributed by atoms with Gasteiger partial charge in [-0.15, -0.1) is 5.10 Å². The maximum atomic E-state index is 13.0. The van der Waals surface area contributed by atoms with Crippen molar-refractivity contribution in [2.24, 2.45) is 0 Å². The van der Waals surface area contributed by atoms with Gasteiger partial charge in [-0.2, -0.15) is 0 Å². The second-order valence-corrected chi connectivity index (χ2v) is 7.11. The highest BCUT2D eigenvalue weighted by Gasteiger charge is 2.15. The molecule has 0 aliphatic heterocycles. The molecule has 0 saturated carbocycles. The van der Waals surface area contributed by atoms with Gasteiger partial charge in [0.25, 0.3) is 5.91 Å². The largest absolute Gasteiger partial charge is 0.489 e. The van der Waals surface area contributed by atoms with Crippen LogP contribution in [0, 0.1) is 5.82 Å². The summed E-state index contributed by atoms with van der Waals surface area (Å²) >= 11 is 0. The van der Waals surface area contributed by atoms with E-state index in [9.17, 15) is 14.3 Å². The first-order valence-electron chi connectivity index (χ1n) is 9.98. The number of rotatable bonds is 8. The van der Waals surface area contributed by atoms with Crippen LogP contribution in [0.15, 0.2) is 85.2 Å². The molecular weight excluding hydrogens is 411 g/mol. The molecule has 7 nitrogen and oxygen atoms in total. The summed E-state index contributed by atoms with van der Waals surface area (Å²) < 4.78 is 20.1. The molecule has 2 N–H and O–H groups in total. The van der Waals surface area contributed by atoms with Crippen LogP contribution in [0.4, 0.5) is 10.1 Å². The topological polar surface area (TPSA) is 89.3 Å². The fourth-order valence-corrected chi connectivity index (χ4v) is 3.02. The van der Waals surface area contributed by atoms with Crippen molar-refractivity contribution in [2.45, 2.75) is 19.3 Å². The van der Waals surface area contributed by atoms with Gasteiger partial charge in [0.05, 0.1) is 12.6 Å². The van der Waals surface area contributed by atoms with Gasteiger partial charge in [0.15, 0.2) is 0 Å². The van der Waals surface area contributed by atoms with E-state index in [0.717, 1.165) is 5.56 Å². The molecule has 3 aromatic carbocycles. The predicted octanol–water partition coefficient (Wildman–Crippen LogP) is 3.98. The van der Waals surface area contributed by atoms with Gasteiger partial charge < -0.3 is 15.2 Å². The number of amides is 1. The first-order valence-corrected chi connectivity index (χ1v) is 9.98. The van der Waals surface area contributed by atoms with Crippen LogP contribution in [0.1, 0.15) is 27.8 Å². The van der Waals surface area contributed by atoms with Crippen molar-refractivity contribution in [1.29, 1.82) is 0 Å². The van der Waals surface area contributed by atoms with Crippen molar-refractivity contribution >= 4 is 11.6 Å². The van der Waals surface area contributed by atoms with E-state index in [0.29, 0.717) is 23.6 Å². The molecule has 0 saturated heterocycles. The fraction of sp³-hybridized carbons (Fsp3) is 0.125. The van der Waals surface area contributed by atoms with Crippen LogP contribution >= 0.6 is 0 Å². The number of nitrogens with zero attached hydrogens (tertiary/aromatic N) is 3. The van der Waals surface area contributed by atoms with Gasteiger partial charge in [0.2, 0.25) is 5.82 Å². The summed E-state index contributed by atoms with van der Waals surface area (Å²) in [4.78, 5) is 16.4. The average Bonchev–Trinajstić information content (AvgIpc) is 3.28. The summed E-state index contributed by atoms with van der Waals surface area (Å²) in [7, 11) is 0. The smallest absolute Gasteiger partial charge is 0.295 e. The number of ether oxygens (including phenoxy) is 1. The summed E-state index contributed by atoms with van der Waals surface area (Å²) in [5.41, 5.74) is 2.18. The number of nitrogens with one attached hydrogen (secondary N) is 1. The number of hydrogen-bond donors (Lipinski definition) is 2. The van der Waals surface area contributed by atoms with Crippen molar-refractivity contribution in [2.75, 3.05) is 5.32 Å². The Labute approximate surface area is 184 Å². The number of halogens is 1. The minimum Gasteiger partial charge on any atom is -0.489 e. The Bertz CT molecular complexity index is 1160. The fourth-order valence-electron chi connectivity index (χ4n) is 3.02. The zero-order valence-corrected chi connectivity index (χ0v) is 17.1. The van der Waals surface area contributed by atoms with Crippen molar-refractivity contribution in [1.82, 2.24) is 14.8 Å². The Balaban J connectivity index is 1.31. The third-order valence-electron chi connectivity index (χ3n) is 4.71. The van der Waals surface area contributed by atoms with Crippen LogP contribution in [0.3, 0.4) is 0 Å². The Hall–Kier alpha value is -4.04. The summed E-state index contributed by atoms with van der Waals surface area (Å²) in [6.07, 6.45) is 0.457. The maximum Gasteiger partial charge on any atom is 0.295 e. The van der Waals surface area contributed by atoms with E-state index in [1.165, 1.54) is 35.3 Å². The van der Waals surface area contributed by atoms with E-state index in [1.54, 1.807) is 24.3 Å². The second kappa shape index (κ2) is 9.84. The molecule has 1 heterocycles. The van der Waals surface area contributed by atoms with Crippen molar-refractivity contribution in [3.05, 3.63) is 108 Å². The van der Waals surface area contributed by atoms with Gasteiger partial charge in [-0.05, 0) is 47.5 Å². The molecule has 32 heavy (non-hydrogen) atoms. The van der Waals surface area contributed by atoms with Gasteiger partial charge in [0, 0.05) is 5.69 Å². The Morgan fingerprint density at radius 2 is 1.75 bits per heavy atom. The highest BCUT2D eigenvalue weighted by Crippen LogP contribution is 2.18. The van der Waals surface area contributed by atoms with E-state index < -0.39 is 12.0 Å². The molecule has 0 radical (unpaired) electrons. The first kappa shape index (κ1) is 21.2. The zero-order valence-electron chi connectivity index (χ0n) is 17.1. The lowest BCUT2D eigenvalue weighted by Crippen LogP contribution is -2.15. The average molecular weight is 432 g/mol. The van der Waals surface area contributed by atoms with Crippen LogP contribution in [0.5, 0.6) is 5.75 Å². The van der Waals surface area contributed by atoms with Gasteiger partial charge in [-0.1, -0.05) is 42.5 Å². The molecule has 0 fully saturated rings. The second-order valence-electron chi connectivity index (χ2n) is 7.11. The number of aromatic nitrogens is 3. The normalized spacial score (nSPS) is 11.7. The Kier molecular flexibility index (Phi) is 6.52. The third-order valence-corrected chi connectivity index (χ3v) is 4.71. The molecule has 1 atom stereocenters. The number of benzene rings is 3. The number of carbonyl (C=O) groups is 1. The maximum absolute atomic E-state index is 13.0. The summed E-state index contributed by atoms with van der Waals surface area (Å²) in [6.45, 7) is 0.539. The quantitative estimate of drug-likeness (QED) is 0.440. The molecule has 1 amide bonds. The molecule has 4 rings (SSSR count).